The van der Waals surface area contributed by atoms with Crippen molar-refractivity contribution in [1.29, 1.82) is 0 Å². The first-order valence-corrected chi connectivity index (χ1v) is 11.0. The highest BCUT2D eigenvalue weighted by Gasteiger charge is 2.44. The Morgan fingerprint density at radius 2 is 1.67 bits per heavy atom. The van der Waals surface area contributed by atoms with Crippen molar-refractivity contribution in [2.75, 3.05) is 33.3 Å². The number of ether oxygens (including phenoxy) is 1. The number of rotatable bonds is 4. The predicted octanol–water partition coefficient (Wildman–Crippen LogP) is 2.59. The predicted molar refractivity (Wildman–Crippen MR) is 103 cm³/mol. The van der Waals surface area contributed by atoms with Crippen LogP contribution in [0.1, 0.15) is 33.1 Å². The average Bonchev–Trinajstić information content (AvgIpc) is 3.14. The molecule has 0 N–H and O–H groups in total. The second-order valence-corrected chi connectivity index (χ2v) is 9.36. The maximum Gasteiger partial charge on any atom is 0.321 e. The molecule has 2 fully saturated rings. The first-order valence-electron chi connectivity index (χ1n) is 9.57. The normalized spacial score (nSPS) is 21.7. The highest BCUT2D eigenvalue weighted by atomic mass is 32.2. The van der Waals surface area contributed by atoms with Gasteiger partial charge in [-0.2, -0.15) is 4.31 Å². The number of likely N-dealkylation sites (tertiary alicyclic amines) is 1. The monoisotopic (exact) mass is 395 g/mol. The molecule has 1 aromatic carbocycles. The summed E-state index contributed by atoms with van der Waals surface area (Å²) in [4.78, 5) is 16.8. The van der Waals surface area contributed by atoms with Gasteiger partial charge in [-0.25, -0.2) is 13.2 Å². The van der Waals surface area contributed by atoms with E-state index in [-0.39, 0.29) is 16.8 Å². The minimum atomic E-state index is -3.69. The fraction of sp³-hybridized carbons (Fsp3) is 0.632. The fourth-order valence-corrected chi connectivity index (χ4v) is 5.65. The molecule has 0 aliphatic carbocycles. The number of sulfonamides is 1. The molecule has 8 heteroatoms. The van der Waals surface area contributed by atoms with Crippen LogP contribution in [0.5, 0.6) is 5.75 Å². The molecule has 3 rings (SSSR count). The summed E-state index contributed by atoms with van der Waals surface area (Å²) in [6.45, 7) is 6.17. The third-order valence-corrected chi connectivity index (χ3v) is 7.19. The number of hydrogen-bond acceptors (Lipinski definition) is 4. The van der Waals surface area contributed by atoms with Gasteiger partial charge in [-0.05, 0) is 49.4 Å². The Labute approximate surface area is 161 Å². The van der Waals surface area contributed by atoms with Gasteiger partial charge in [0, 0.05) is 26.2 Å². The van der Waals surface area contributed by atoms with Crippen molar-refractivity contribution >= 4 is 16.1 Å². The number of amides is 2. The summed E-state index contributed by atoms with van der Waals surface area (Å²) in [5, 5.41) is 0. The summed E-state index contributed by atoms with van der Waals surface area (Å²) >= 11 is 0. The number of carbonyl (C=O) groups is 1. The summed E-state index contributed by atoms with van der Waals surface area (Å²) in [5.74, 6) is 0.604. The van der Waals surface area contributed by atoms with Crippen LogP contribution in [0.15, 0.2) is 29.2 Å². The molecule has 1 aromatic rings. The van der Waals surface area contributed by atoms with E-state index in [2.05, 4.69) is 0 Å². The summed E-state index contributed by atoms with van der Waals surface area (Å²) in [7, 11) is -2.15. The van der Waals surface area contributed by atoms with Crippen LogP contribution in [0.3, 0.4) is 0 Å². The summed E-state index contributed by atoms with van der Waals surface area (Å²) in [5.41, 5.74) is 0. The largest absolute Gasteiger partial charge is 0.497 e. The van der Waals surface area contributed by atoms with Crippen molar-refractivity contribution in [3.63, 3.8) is 0 Å². The first-order chi connectivity index (χ1) is 12.9. The van der Waals surface area contributed by atoms with Crippen LogP contribution >= 0.6 is 0 Å². The van der Waals surface area contributed by atoms with E-state index < -0.39 is 16.2 Å². The number of carbonyl (C=O) groups excluding carboxylic acids is 1. The molecule has 1 unspecified atom stereocenters. The number of hydrogen-bond donors (Lipinski definition) is 0. The van der Waals surface area contributed by atoms with Crippen molar-refractivity contribution in [3.05, 3.63) is 24.3 Å². The summed E-state index contributed by atoms with van der Waals surface area (Å²) in [6, 6.07) is 6.36. The Kier molecular flexibility index (Phi) is 5.95. The van der Waals surface area contributed by atoms with Gasteiger partial charge in [-0.1, -0.05) is 13.8 Å². The van der Waals surface area contributed by atoms with Crippen LogP contribution in [-0.2, 0) is 10.0 Å². The van der Waals surface area contributed by atoms with Gasteiger partial charge in [0.2, 0.25) is 10.0 Å². The van der Waals surface area contributed by atoms with E-state index >= 15 is 0 Å². The molecule has 150 valence electrons. The Hall–Kier alpha value is -1.80. The topological polar surface area (TPSA) is 70.2 Å². The van der Waals surface area contributed by atoms with Gasteiger partial charge in [0.15, 0.2) is 0 Å². The van der Waals surface area contributed by atoms with E-state index in [1.165, 1.54) is 4.31 Å². The van der Waals surface area contributed by atoms with E-state index in [1.54, 1.807) is 36.3 Å². The van der Waals surface area contributed by atoms with E-state index in [0.29, 0.717) is 18.8 Å². The molecule has 2 amide bonds. The third-order valence-electron chi connectivity index (χ3n) is 5.31. The zero-order valence-electron chi connectivity index (χ0n) is 16.3. The second-order valence-electron chi connectivity index (χ2n) is 7.47. The summed E-state index contributed by atoms with van der Waals surface area (Å²) in [6.07, 6.45) is 2.71. The lowest BCUT2D eigenvalue weighted by atomic mass is 10.1. The third kappa shape index (κ3) is 3.91. The van der Waals surface area contributed by atoms with Gasteiger partial charge in [0.1, 0.15) is 11.9 Å². The van der Waals surface area contributed by atoms with Crippen LogP contribution in [0.25, 0.3) is 0 Å². The maximum atomic E-state index is 13.2. The van der Waals surface area contributed by atoms with Gasteiger partial charge >= 0.3 is 6.03 Å². The molecule has 2 aliphatic rings. The minimum Gasteiger partial charge on any atom is -0.497 e. The highest BCUT2D eigenvalue weighted by Crippen LogP contribution is 2.30. The van der Waals surface area contributed by atoms with E-state index in [1.807, 2.05) is 18.7 Å². The Morgan fingerprint density at radius 3 is 2.22 bits per heavy atom. The molecule has 0 saturated carbocycles. The molecule has 0 spiro atoms. The molecule has 2 saturated heterocycles. The van der Waals surface area contributed by atoms with Crippen LogP contribution in [-0.4, -0.2) is 68.0 Å². The fourth-order valence-electron chi connectivity index (χ4n) is 3.94. The Bertz CT molecular complexity index is 758. The van der Waals surface area contributed by atoms with Gasteiger partial charge < -0.3 is 14.5 Å². The van der Waals surface area contributed by atoms with Gasteiger partial charge in [0.05, 0.1) is 12.0 Å². The number of benzene rings is 1. The molecular weight excluding hydrogens is 366 g/mol. The molecule has 7 nitrogen and oxygen atoms in total. The standard InChI is InChI=1S/C19H29N3O4S/c1-15(2)18-21(19(23)20-11-5-4-6-12-20)13-14-22(18)27(24,25)17-9-7-16(26-3)8-10-17/h7-10,15,18H,4-6,11-14H2,1-3H3. The van der Waals surface area contributed by atoms with Crippen LogP contribution in [0, 0.1) is 5.92 Å². The molecule has 0 radical (unpaired) electrons. The molecule has 0 aromatic heterocycles. The average molecular weight is 396 g/mol. The molecule has 27 heavy (non-hydrogen) atoms. The first kappa shape index (κ1) is 19.9. The van der Waals surface area contributed by atoms with Crippen molar-refractivity contribution in [2.45, 2.75) is 44.2 Å². The second kappa shape index (κ2) is 8.06. The Balaban J connectivity index is 1.85. The van der Waals surface area contributed by atoms with Crippen molar-refractivity contribution in [2.24, 2.45) is 5.92 Å². The SMILES string of the molecule is COc1ccc(S(=O)(=O)N2CCN(C(=O)N3CCCCC3)C2C(C)C)cc1. The lowest BCUT2D eigenvalue weighted by Crippen LogP contribution is -2.52. The quantitative estimate of drug-likeness (QED) is 0.786. The highest BCUT2D eigenvalue weighted by molar-refractivity contribution is 7.89. The summed E-state index contributed by atoms with van der Waals surface area (Å²) < 4.78 is 33.0. The van der Waals surface area contributed by atoms with Gasteiger partial charge in [-0.15, -0.1) is 0 Å². The maximum absolute atomic E-state index is 13.2. The lowest BCUT2D eigenvalue weighted by molar-refractivity contribution is 0.110. The number of methoxy groups -OCH3 is 1. The number of piperidine rings is 1. The smallest absolute Gasteiger partial charge is 0.321 e. The van der Waals surface area contributed by atoms with Crippen molar-refractivity contribution in [1.82, 2.24) is 14.1 Å². The number of nitrogens with zero attached hydrogens (tertiary/aromatic N) is 3. The van der Waals surface area contributed by atoms with Crippen LogP contribution in [0.4, 0.5) is 4.79 Å². The molecule has 1 atom stereocenters. The van der Waals surface area contributed by atoms with Crippen LogP contribution in [0.2, 0.25) is 0 Å². The zero-order valence-corrected chi connectivity index (χ0v) is 17.1. The zero-order chi connectivity index (χ0) is 19.6. The van der Waals surface area contributed by atoms with Gasteiger partial charge in [0.25, 0.3) is 0 Å². The number of urea groups is 1. The molecule has 2 aliphatic heterocycles. The lowest BCUT2D eigenvalue weighted by Gasteiger charge is -2.37. The minimum absolute atomic E-state index is 0.00531. The molecular formula is C19H29N3O4S. The molecule has 0 bridgehead atoms. The van der Waals surface area contributed by atoms with Crippen molar-refractivity contribution < 1.29 is 17.9 Å². The Morgan fingerprint density at radius 1 is 1.04 bits per heavy atom. The van der Waals surface area contributed by atoms with E-state index in [0.717, 1.165) is 32.4 Å². The van der Waals surface area contributed by atoms with E-state index in [4.69, 9.17) is 4.74 Å². The van der Waals surface area contributed by atoms with Crippen LogP contribution < -0.4 is 4.74 Å². The van der Waals surface area contributed by atoms with E-state index in [9.17, 15) is 13.2 Å². The molecule has 2 heterocycles. The van der Waals surface area contributed by atoms with Crippen molar-refractivity contribution in [3.8, 4) is 5.75 Å². The van der Waals surface area contributed by atoms with Gasteiger partial charge in [-0.3, -0.25) is 0 Å².